The van der Waals surface area contributed by atoms with Gasteiger partial charge in [0, 0.05) is 32.0 Å². The Morgan fingerprint density at radius 3 is 2.41 bits per heavy atom. The standard InChI is InChI=1S/C14H22N4O4/c15-14(22)10-3-6-17(7-4-10)13(21)8-16-11(19)9-18-5-1-2-12(18)20/h10H,1-9H2,(H2,15,22)(H,16,19). The highest BCUT2D eigenvalue weighted by Crippen LogP contribution is 2.16. The minimum atomic E-state index is -0.323. The van der Waals surface area contributed by atoms with Crippen molar-refractivity contribution < 1.29 is 19.2 Å². The number of hydrogen-bond donors (Lipinski definition) is 2. The molecule has 0 aromatic rings. The van der Waals surface area contributed by atoms with Gasteiger partial charge in [0.05, 0.1) is 13.1 Å². The van der Waals surface area contributed by atoms with Crippen LogP contribution in [-0.2, 0) is 19.2 Å². The molecule has 122 valence electrons. The average molecular weight is 310 g/mol. The summed E-state index contributed by atoms with van der Waals surface area (Å²) in [5.41, 5.74) is 5.24. The van der Waals surface area contributed by atoms with Crippen LogP contribution in [-0.4, -0.2) is 66.2 Å². The van der Waals surface area contributed by atoms with Crippen LogP contribution in [0.1, 0.15) is 25.7 Å². The van der Waals surface area contributed by atoms with E-state index in [1.807, 2.05) is 0 Å². The summed E-state index contributed by atoms with van der Waals surface area (Å²) in [6, 6.07) is 0. The van der Waals surface area contributed by atoms with Gasteiger partial charge < -0.3 is 20.9 Å². The number of carbonyl (C=O) groups is 4. The summed E-state index contributed by atoms with van der Waals surface area (Å²) in [6.07, 6.45) is 2.40. The molecule has 0 aromatic carbocycles. The van der Waals surface area contributed by atoms with Crippen molar-refractivity contribution in [2.45, 2.75) is 25.7 Å². The summed E-state index contributed by atoms with van der Waals surface area (Å²) in [7, 11) is 0. The SMILES string of the molecule is NC(=O)C1CCN(C(=O)CNC(=O)CN2CCCC2=O)CC1. The molecule has 2 heterocycles. The Kier molecular flexibility index (Phi) is 5.35. The number of primary amides is 1. The Hall–Kier alpha value is -2.12. The first-order valence-electron chi connectivity index (χ1n) is 7.59. The fourth-order valence-corrected chi connectivity index (χ4v) is 2.80. The summed E-state index contributed by atoms with van der Waals surface area (Å²) >= 11 is 0. The van der Waals surface area contributed by atoms with Crippen molar-refractivity contribution in [3.63, 3.8) is 0 Å². The monoisotopic (exact) mass is 310 g/mol. The van der Waals surface area contributed by atoms with E-state index in [4.69, 9.17) is 5.73 Å². The van der Waals surface area contributed by atoms with Crippen LogP contribution in [0.3, 0.4) is 0 Å². The van der Waals surface area contributed by atoms with Gasteiger partial charge in [0.1, 0.15) is 0 Å². The molecule has 2 aliphatic heterocycles. The molecule has 0 aliphatic carbocycles. The zero-order valence-corrected chi connectivity index (χ0v) is 12.5. The third-order valence-corrected chi connectivity index (χ3v) is 4.19. The van der Waals surface area contributed by atoms with E-state index in [1.165, 1.54) is 4.90 Å². The zero-order valence-electron chi connectivity index (χ0n) is 12.5. The predicted octanol–water partition coefficient (Wildman–Crippen LogP) is -1.55. The first-order valence-corrected chi connectivity index (χ1v) is 7.59. The number of nitrogens with zero attached hydrogens (tertiary/aromatic N) is 2. The van der Waals surface area contributed by atoms with Crippen molar-refractivity contribution in [3.05, 3.63) is 0 Å². The van der Waals surface area contributed by atoms with Crippen molar-refractivity contribution in [1.82, 2.24) is 15.1 Å². The minimum Gasteiger partial charge on any atom is -0.369 e. The molecule has 2 rings (SSSR count). The number of likely N-dealkylation sites (tertiary alicyclic amines) is 2. The molecule has 2 fully saturated rings. The van der Waals surface area contributed by atoms with Crippen molar-refractivity contribution in [3.8, 4) is 0 Å². The van der Waals surface area contributed by atoms with Gasteiger partial charge in [-0.05, 0) is 19.3 Å². The molecule has 8 heteroatoms. The molecule has 0 unspecified atom stereocenters. The number of amides is 4. The first kappa shape index (κ1) is 16.3. The summed E-state index contributed by atoms with van der Waals surface area (Å²) in [5, 5.41) is 2.55. The molecule has 22 heavy (non-hydrogen) atoms. The van der Waals surface area contributed by atoms with Gasteiger partial charge in [-0.15, -0.1) is 0 Å². The van der Waals surface area contributed by atoms with E-state index in [0.717, 1.165) is 6.42 Å². The van der Waals surface area contributed by atoms with E-state index < -0.39 is 0 Å². The van der Waals surface area contributed by atoms with Gasteiger partial charge in [-0.2, -0.15) is 0 Å². The highest BCUT2D eigenvalue weighted by Gasteiger charge is 2.26. The molecule has 0 spiro atoms. The topological polar surface area (TPSA) is 113 Å². The zero-order chi connectivity index (χ0) is 16.1. The first-order chi connectivity index (χ1) is 10.5. The van der Waals surface area contributed by atoms with Crippen LogP contribution in [0.25, 0.3) is 0 Å². The Bertz CT molecular complexity index is 471. The van der Waals surface area contributed by atoms with Crippen LogP contribution >= 0.6 is 0 Å². The molecule has 0 bridgehead atoms. The second-order valence-electron chi connectivity index (χ2n) is 5.75. The van der Waals surface area contributed by atoms with Crippen molar-refractivity contribution >= 4 is 23.6 Å². The highest BCUT2D eigenvalue weighted by molar-refractivity contribution is 5.89. The fourth-order valence-electron chi connectivity index (χ4n) is 2.80. The van der Waals surface area contributed by atoms with Gasteiger partial charge in [0.15, 0.2) is 0 Å². The minimum absolute atomic E-state index is 0.00978. The van der Waals surface area contributed by atoms with Crippen molar-refractivity contribution in [2.24, 2.45) is 11.7 Å². The lowest BCUT2D eigenvalue weighted by Gasteiger charge is -2.30. The summed E-state index contributed by atoms with van der Waals surface area (Å²) < 4.78 is 0. The number of nitrogens with one attached hydrogen (secondary N) is 1. The maximum atomic E-state index is 12.0. The lowest BCUT2D eigenvalue weighted by molar-refractivity contribution is -0.136. The van der Waals surface area contributed by atoms with Gasteiger partial charge in [-0.3, -0.25) is 19.2 Å². The normalized spacial score (nSPS) is 19.4. The second kappa shape index (κ2) is 7.24. The maximum Gasteiger partial charge on any atom is 0.241 e. The summed E-state index contributed by atoms with van der Waals surface area (Å²) in [5.74, 6) is -1.01. The predicted molar refractivity (Wildman–Crippen MR) is 77.3 cm³/mol. The average Bonchev–Trinajstić information content (AvgIpc) is 2.90. The van der Waals surface area contributed by atoms with Gasteiger partial charge in [-0.1, -0.05) is 0 Å². The van der Waals surface area contributed by atoms with Crippen molar-refractivity contribution in [2.75, 3.05) is 32.7 Å². The third-order valence-electron chi connectivity index (χ3n) is 4.19. The molecule has 2 saturated heterocycles. The smallest absolute Gasteiger partial charge is 0.241 e. The van der Waals surface area contributed by atoms with Crippen LogP contribution in [0.2, 0.25) is 0 Å². The van der Waals surface area contributed by atoms with Gasteiger partial charge >= 0.3 is 0 Å². The molecule has 0 saturated carbocycles. The van der Waals surface area contributed by atoms with Crippen LogP contribution < -0.4 is 11.1 Å². The molecule has 0 radical (unpaired) electrons. The number of nitrogens with two attached hydrogens (primary N) is 1. The Balaban J connectivity index is 1.68. The summed E-state index contributed by atoms with van der Waals surface area (Å²) in [4.78, 5) is 49.3. The van der Waals surface area contributed by atoms with Gasteiger partial charge in [0.2, 0.25) is 23.6 Å². The van der Waals surface area contributed by atoms with Crippen LogP contribution in [0.15, 0.2) is 0 Å². The summed E-state index contributed by atoms with van der Waals surface area (Å²) in [6.45, 7) is 1.48. The Morgan fingerprint density at radius 1 is 1.18 bits per heavy atom. The van der Waals surface area contributed by atoms with Crippen LogP contribution in [0.5, 0.6) is 0 Å². The molecular formula is C14H22N4O4. The Morgan fingerprint density at radius 2 is 1.86 bits per heavy atom. The maximum absolute atomic E-state index is 12.0. The molecule has 3 N–H and O–H groups in total. The van der Waals surface area contributed by atoms with E-state index in [0.29, 0.717) is 38.9 Å². The fraction of sp³-hybridized carbons (Fsp3) is 0.714. The van der Waals surface area contributed by atoms with Crippen LogP contribution in [0, 0.1) is 5.92 Å². The quantitative estimate of drug-likeness (QED) is 0.640. The van der Waals surface area contributed by atoms with E-state index in [2.05, 4.69) is 5.32 Å². The Labute approximate surface area is 129 Å². The molecule has 0 aromatic heterocycles. The van der Waals surface area contributed by atoms with Gasteiger partial charge in [-0.25, -0.2) is 0 Å². The molecular weight excluding hydrogens is 288 g/mol. The molecule has 4 amide bonds. The number of piperidine rings is 1. The van der Waals surface area contributed by atoms with E-state index in [-0.39, 0.29) is 42.6 Å². The molecule has 0 atom stereocenters. The van der Waals surface area contributed by atoms with Crippen LogP contribution in [0.4, 0.5) is 0 Å². The lowest BCUT2D eigenvalue weighted by Crippen LogP contribution is -2.47. The van der Waals surface area contributed by atoms with E-state index in [9.17, 15) is 19.2 Å². The van der Waals surface area contributed by atoms with E-state index in [1.54, 1.807) is 4.90 Å². The number of hydrogen-bond acceptors (Lipinski definition) is 4. The highest BCUT2D eigenvalue weighted by atomic mass is 16.2. The molecule has 2 aliphatic rings. The van der Waals surface area contributed by atoms with Gasteiger partial charge in [0.25, 0.3) is 0 Å². The lowest BCUT2D eigenvalue weighted by atomic mass is 9.96. The number of rotatable bonds is 5. The number of carbonyl (C=O) groups excluding carboxylic acids is 4. The second-order valence-corrected chi connectivity index (χ2v) is 5.75. The third kappa shape index (κ3) is 4.19. The van der Waals surface area contributed by atoms with E-state index >= 15 is 0 Å². The molecule has 8 nitrogen and oxygen atoms in total. The van der Waals surface area contributed by atoms with Crippen molar-refractivity contribution in [1.29, 1.82) is 0 Å². The largest absolute Gasteiger partial charge is 0.369 e.